The Labute approximate surface area is 148 Å². The Hall–Kier alpha value is -2.00. The van der Waals surface area contributed by atoms with E-state index in [1.165, 1.54) is 6.07 Å². The molecule has 2 aliphatic rings. The Kier molecular flexibility index (Phi) is 3.97. The van der Waals surface area contributed by atoms with Gasteiger partial charge in [-0.2, -0.15) is 13.2 Å². The SMILES string of the molecule is CC1(C)[C@H]2Cc3c(ccc(N(O)O)c3O)[C@]1(C)CCN2C(=O)C(F)(F)F. The van der Waals surface area contributed by atoms with E-state index < -0.39 is 34.7 Å². The fourth-order valence-corrected chi connectivity index (χ4v) is 4.53. The second kappa shape index (κ2) is 5.50. The zero-order valence-corrected chi connectivity index (χ0v) is 14.6. The molecule has 144 valence electrons. The molecular weight excluding hydrogens is 353 g/mol. The Morgan fingerprint density at radius 1 is 1.27 bits per heavy atom. The van der Waals surface area contributed by atoms with Gasteiger partial charge in [-0.15, -0.1) is 5.23 Å². The molecule has 3 rings (SSSR count). The Morgan fingerprint density at radius 2 is 1.88 bits per heavy atom. The van der Waals surface area contributed by atoms with Crippen molar-refractivity contribution in [3.63, 3.8) is 0 Å². The van der Waals surface area contributed by atoms with Gasteiger partial charge in [-0.3, -0.25) is 15.2 Å². The molecule has 6 nitrogen and oxygen atoms in total. The molecule has 1 aromatic rings. The number of carbonyl (C=O) groups excluding carboxylic acids is 1. The van der Waals surface area contributed by atoms with Gasteiger partial charge in [-0.25, -0.2) is 0 Å². The predicted molar refractivity (Wildman–Crippen MR) is 85.2 cm³/mol. The average molecular weight is 374 g/mol. The third kappa shape index (κ3) is 2.37. The number of nitrogens with zero attached hydrogens (tertiary/aromatic N) is 2. The number of amides is 1. The maximum absolute atomic E-state index is 13.0. The van der Waals surface area contributed by atoms with Crippen LogP contribution in [0.1, 0.15) is 38.3 Å². The van der Waals surface area contributed by atoms with E-state index in [2.05, 4.69) is 0 Å². The monoisotopic (exact) mass is 374 g/mol. The van der Waals surface area contributed by atoms with Crippen LogP contribution in [0.4, 0.5) is 18.9 Å². The number of phenolic OH excluding ortho intramolecular Hbond substituents is 1. The van der Waals surface area contributed by atoms with Gasteiger partial charge in [0.15, 0.2) is 0 Å². The number of rotatable bonds is 1. The highest BCUT2D eigenvalue weighted by atomic mass is 19.4. The van der Waals surface area contributed by atoms with Crippen LogP contribution >= 0.6 is 0 Å². The zero-order valence-electron chi connectivity index (χ0n) is 14.6. The zero-order chi connectivity index (χ0) is 19.7. The van der Waals surface area contributed by atoms with Gasteiger partial charge in [-0.1, -0.05) is 26.8 Å². The number of aromatic hydroxyl groups is 1. The van der Waals surface area contributed by atoms with Gasteiger partial charge < -0.3 is 10.0 Å². The quantitative estimate of drug-likeness (QED) is 0.658. The minimum Gasteiger partial charge on any atom is -0.505 e. The van der Waals surface area contributed by atoms with Gasteiger partial charge >= 0.3 is 12.1 Å². The van der Waals surface area contributed by atoms with E-state index in [1.807, 2.05) is 20.8 Å². The number of benzene rings is 1. The van der Waals surface area contributed by atoms with Crippen LogP contribution in [-0.2, 0) is 16.6 Å². The molecule has 1 amide bonds. The predicted octanol–water partition coefficient (Wildman–Crippen LogP) is 2.98. The van der Waals surface area contributed by atoms with Crippen molar-refractivity contribution in [2.75, 3.05) is 11.8 Å². The number of carbonyl (C=O) groups is 1. The van der Waals surface area contributed by atoms with Crippen LogP contribution in [0.3, 0.4) is 0 Å². The van der Waals surface area contributed by atoms with Crippen molar-refractivity contribution in [1.82, 2.24) is 4.90 Å². The molecule has 9 heteroatoms. The maximum Gasteiger partial charge on any atom is 0.471 e. The number of hydrogen-bond donors (Lipinski definition) is 3. The van der Waals surface area contributed by atoms with Crippen LogP contribution in [-0.4, -0.2) is 45.1 Å². The summed E-state index contributed by atoms with van der Waals surface area (Å²) >= 11 is 0. The molecule has 3 N–H and O–H groups in total. The summed E-state index contributed by atoms with van der Waals surface area (Å²) in [5, 5.41) is 28.7. The summed E-state index contributed by atoms with van der Waals surface area (Å²) in [6.07, 6.45) is -4.68. The first-order valence-electron chi connectivity index (χ1n) is 8.23. The van der Waals surface area contributed by atoms with Crippen LogP contribution in [0.15, 0.2) is 12.1 Å². The largest absolute Gasteiger partial charge is 0.505 e. The van der Waals surface area contributed by atoms with Crippen LogP contribution in [0.2, 0.25) is 0 Å². The molecule has 0 saturated carbocycles. The van der Waals surface area contributed by atoms with Crippen molar-refractivity contribution in [3.8, 4) is 5.75 Å². The van der Waals surface area contributed by atoms with E-state index in [9.17, 15) is 33.5 Å². The van der Waals surface area contributed by atoms with Crippen molar-refractivity contribution in [3.05, 3.63) is 23.3 Å². The number of phenols is 1. The van der Waals surface area contributed by atoms with Gasteiger partial charge in [0.05, 0.1) is 0 Å². The molecule has 2 bridgehead atoms. The van der Waals surface area contributed by atoms with E-state index in [0.29, 0.717) is 12.0 Å². The highest BCUT2D eigenvalue weighted by Crippen LogP contribution is 2.58. The number of piperidine rings is 1. The van der Waals surface area contributed by atoms with Crippen LogP contribution in [0.5, 0.6) is 5.75 Å². The van der Waals surface area contributed by atoms with Gasteiger partial charge in [0, 0.05) is 23.6 Å². The van der Waals surface area contributed by atoms with Crippen molar-refractivity contribution >= 4 is 11.6 Å². The summed E-state index contributed by atoms with van der Waals surface area (Å²) < 4.78 is 39.1. The second-order valence-electron chi connectivity index (χ2n) is 7.77. The highest BCUT2D eigenvalue weighted by Gasteiger charge is 2.59. The molecule has 1 fully saturated rings. The minimum absolute atomic E-state index is 0.00669. The van der Waals surface area contributed by atoms with Crippen molar-refractivity contribution in [1.29, 1.82) is 0 Å². The topological polar surface area (TPSA) is 84.2 Å². The van der Waals surface area contributed by atoms with Crippen molar-refractivity contribution in [2.45, 2.75) is 51.2 Å². The Balaban J connectivity index is 2.16. The third-order valence-corrected chi connectivity index (χ3v) is 6.46. The van der Waals surface area contributed by atoms with Gasteiger partial charge in [-0.05, 0) is 29.9 Å². The first-order valence-corrected chi connectivity index (χ1v) is 8.23. The average Bonchev–Trinajstić information content (AvgIpc) is 2.49. The number of anilines is 1. The lowest BCUT2D eigenvalue weighted by atomic mass is 9.51. The molecule has 1 aliphatic heterocycles. The summed E-state index contributed by atoms with van der Waals surface area (Å²) in [7, 11) is 0. The minimum atomic E-state index is -4.97. The van der Waals surface area contributed by atoms with Crippen molar-refractivity contribution < 1.29 is 33.5 Å². The molecule has 0 aromatic heterocycles. The first-order chi connectivity index (χ1) is 11.8. The lowest BCUT2D eigenvalue weighted by Gasteiger charge is -2.60. The smallest absolute Gasteiger partial charge is 0.471 e. The summed E-state index contributed by atoms with van der Waals surface area (Å²) in [4.78, 5) is 12.8. The Bertz CT molecular complexity index is 763. The van der Waals surface area contributed by atoms with Gasteiger partial charge in [0.2, 0.25) is 0 Å². The Morgan fingerprint density at radius 3 is 2.42 bits per heavy atom. The summed E-state index contributed by atoms with van der Waals surface area (Å²) in [6.45, 7) is 5.52. The van der Waals surface area contributed by atoms with Crippen molar-refractivity contribution in [2.24, 2.45) is 5.41 Å². The molecule has 1 aliphatic carbocycles. The van der Waals surface area contributed by atoms with Gasteiger partial charge in [0.25, 0.3) is 0 Å². The summed E-state index contributed by atoms with van der Waals surface area (Å²) in [5.41, 5.74) is -0.438. The molecule has 1 aromatic carbocycles. The normalized spacial score (nSPS) is 27.1. The van der Waals surface area contributed by atoms with E-state index in [1.54, 1.807) is 6.07 Å². The van der Waals surface area contributed by atoms with E-state index >= 15 is 0 Å². The second-order valence-corrected chi connectivity index (χ2v) is 7.77. The number of hydrogen-bond acceptors (Lipinski definition) is 5. The first kappa shape index (κ1) is 18.8. The number of fused-ring (bicyclic) bond motifs is 4. The molecule has 0 spiro atoms. The number of likely N-dealkylation sites (tertiary alicyclic amines) is 1. The standard InChI is InChI=1S/C17H21F3N2O4/c1-15(2)12-8-9-10(4-5-11(13(9)23)22(25)26)16(15,3)6-7-21(12)14(24)17(18,19)20/h4-5,12,23,25-26H,6-8H2,1-3H3/t12-,16+/m1/s1. The molecule has 1 heterocycles. The maximum atomic E-state index is 13.0. The van der Waals surface area contributed by atoms with Crippen LogP contribution in [0.25, 0.3) is 0 Å². The molecule has 0 radical (unpaired) electrons. The number of halogens is 3. The van der Waals surface area contributed by atoms with E-state index in [4.69, 9.17) is 0 Å². The van der Waals surface area contributed by atoms with Gasteiger partial charge in [0.1, 0.15) is 11.4 Å². The molecular formula is C17H21F3N2O4. The third-order valence-electron chi connectivity index (χ3n) is 6.46. The molecule has 0 unspecified atom stereocenters. The molecule has 26 heavy (non-hydrogen) atoms. The summed E-state index contributed by atoms with van der Waals surface area (Å²) in [6, 6.07) is 2.22. The van der Waals surface area contributed by atoms with Crippen LogP contribution < -0.4 is 5.23 Å². The lowest BCUT2D eigenvalue weighted by molar-refractivity contribution is -0.195. The van der Waals surface area contributed by atoms with Crippen LogP contribution in [0, 0.1) is 5.41 Å². The van der Waals surface area contributed by atoms with E-state index in [0.717, 1.165) is 10.5 Å². The fraction of sp³-hybridized carbons (Fsp3) is 0.588. The van der Waals surface area contributed by atoms with E-state index in [-0.39, 0.29) is 23.9 Å². The molecule has 2 atom stereocenters. The molecule has 1 saturated heterocycles. The lowest BCUT2D eigenvalue weighted by Crippen LogP contribution is -2.66. The highest BCUT2D eigenvalue weighted by molar-refractivity contribution is 5.83. The summed E-state index contributed by atoms with van der Waals surface area (Å²) in [5.74, 6) is -2.29. The number of alkyl halides is 3. The fourth-order valence-electron chi connectivity index (χ4n) is 4.53.